The van der Waals surface area contributed by atoms with Gasteiger partial charge >= 0.3 is 5.97 Å². The molecule has 1 atom stereocenters. The zero-order valence-electron chi connectivity index (χ0n) is 25.7. The van der Waals surface area contributed by atoms with Gasteiger partial charge in [-0.25, -0.2) is 9.79 Å². The number of hydrogen-bond donors (Lipinski definition) is 0. The average molecular weight is 714 g/mol. The van der Waals surface area contributed by atoms with Gasteiger partial charge in [0.2, 0.25) is 6.79 Å². The number of halogens is 1. The number of allylic oxidation sites excluding steroid dienone is 1. The minimum absolute atomic E-state index is 0.104. The van der Waals surface area contributed by atoms with Gasteiger partial charge in [-0.3, -0.25) is 9.36 Å². The molecular formula is C36H29BrN2O7S. The Morgan fingerprint density at radius 3 is 2.72 bits per heavy atom. The second kappa shape index (κ2) is 12.7. The van der Waals surface area contributed by atoms with E-state index in [1.54, 1.807) is 43.7 Å². The Labute approximate surface area is 282 Å². The first kappa shape index (κ1) is 30.8. The zero-order valence-corrected chi connectivity index (χ0v) is 28.1. The Kier molecular flexibility index (Phi) is 8.33. The van der Waals surface area contributed by atoms with Gasteiger partial charge in [0.1, 0.15) is 6.61 Å². The second-order valence-corrected chi connectivity index (χ2v) is 12.7. The summed E-state index contributed by atoms with van der Waals surface area (Å²) in [6.07, 6.45) is 1.78. The van der Waals surface area contributed by atoms with Gasteiger partial charge in [-0.1, -0.05) is 59.9 Å². The lowest BCUT2D eigenvalue weighted by Gasteiger charge is -2.24. The number of rotatable bonds is 8. The molecule has 0 N–H and O–H groups in total. The summed E-state index contributed by atoms with van der Waals surface area (Å²) in [4.78, 5) is 32.5. The molecule has 9 nitrogen and oxygen atoms in total. The minimum Gasteiger partial charge on any atom is -0.493 e. The van der Waals surface area contributed by atoms with E-state index in [-0.39, 0.29) is 19.0 Å². The lowest BCUT2D eigenvalue weighted by Crippen LogP contribution is -2.39. The van der Waals surface area contributed by atoms with E-state index in [2.05, 4.69) is 39.1 Å². The third-order valence-electron chi connectivity index (χ3n) is 8.03. The van der Waals surface area contributed by atoms with Gasteiger partial charge < -0.3 is 23.7 Å². The van der Waals surface area contributed by atoms with Crippen molar-refractivity contribution >= 4 is 50.1 Å². The van der Waals surface area contributed by atoms with Crippen molar-refractivity contribution in [2.24, 2.45) is 4.99 Å². The van der Waals surface area contributed by atoms with Crippen LogP contribution in [0.2, 0.25) is 0 Å². The molecular weight excluding hydrogens is 684 g/mol. The Hall–Kier alpha value is -4.87. The lowest BCUT2D eigenvalue weighted by molar-refractivity contribution is -0.139. The molecule has 47 heavy (non-hydrogen) atoms. The molecule has 5 aromatic rings. The normalized spacial score (nSPS) is 15.4. The fourth-order valence-electron chi connectivity index (χ4n) is 5.87. The first-order chi connectivity index (χ1) is 22.9. The van der Waals surface area contributed by atoms with Gasteiger partial charge in [0.25, 0.3) is 5.56 Å². The highest BCUT2D eigenvalue weighted by Gasteiger charge is 2.34. The van der Waals surface area contributed by atoms with E-state index in [1.165, 1.54) is 11.3 Å². The Balaban J connectivity index is 1.27. The molecule has 0 radical (unpaired) electrons. The molecule has 7 rings (SSSR count). The number of methoxy groups -OCH3 is 1. The van der Waals surface area contributed by atoms with Crippen LogP contribution in [0.4, 0.5) is 0 Å². The molecule has 238 valence electrons. The van der Waals surface area contributed by atoms with Gasteiger partial charge in [-0.15, -0.1) is 0 Å². The number of esters is 1. The number of carbonyl (C=O) groups excluding carboxylic acids is 1. The Bertz CT molecular complexity index is 2270. The van der Waals surface area contributed by atoms with Gasteiger partial charge in [0.15, 0.2) is 27.8 Å². The summed E-state index contributed by atoms with van der Waals surface area (Å²) in [6.45, 7) is 4.13. The predicted octanol–water partition coefficient (Wildman–Crippen LogP) is 6.03. The maximum atomic E-state index is 14.1. The van der Waals surface area contributed by atoms with Crippen LogP contribution in [0.15, 0.2) is 98.3 Å². The number of thiazole rings is 1. The monoisotopic (exact) mass is 712 g/mol. The number of hydrogen-bond acceptors (Lipinski definition) is 9. The van der Waals surface area contributed by atoms with Gasteiger partial charge in [-0.2, -0.15) is 0 Å². The number of fused-ring (bicyclic) bond motifs is 3. The van der Waals surface area contributed by atoms with E-state index in [1.807, 2.05) is 42.5 Å². The summed E-state index contributed by atoms with van der Waals surface area (Å²) in [7, 11) is 1.58. The molecule has 0 fully saturated rings. The van der Waals surface area contributed by atoms with Gasteiger partial charge in [0, 0.05) is 0 Å². The van der Waals surface area contributed by atoms with Crippen LogP contribution in [0.5, 0.6) is 23.0 Å². The molecule has 3 heterocycles. The standard InChI is InChI=1S/C36H29BrN2O7S/c1-4-43-35(41)31-20(2)38-36-39(32(31)23-12-13-27-28(17-23)46-19-45-27)34(40)30(47-36)16-21-14-26(37)33(29(15-21)42-3)44-18-24-10-7-9-22-8-5-6-11-25(22)24/h5-17,32H,4,18-19H2,1-3H3/b30-16-. The first-order valence-corrected chi connectivity index (χ1v) is 16.5. The lowest BCUT2D eigenvalue weighted by atomic mass is 9.95. The maximum absolute atomic E-state index is 14.1. The van der Waals surface area contributed by atoms with Crippen molar-refractivity contribution < 1.29 is 28.5 Å². The van der Waals surface area contributed by atoms with Crippen molar-refractivity contribution in [1.82, 2.24) is 4.57 Å². The maximum Gasteiger partial charge on any atom is 0.338 e. The highest BCUT2D eigenvalue weighted by Crippen LogP contribution is 2.39. The molecule has 1 unspecified atom stereocenters. The van der Waals surface area contributed by atoms with E-state index in [0.29, 0.717) is 60.2 Å². The minimum atomic E-state index is -0.770. The molecule has 0 spiro atoms. The number of benzene rings is 4. The fourth-order valence-corrected chi connectivity index (χ4v) is 7.49. The van der Waals surface area contributed by atoms with Crippen LogP contribution in [0.3, 0.4) is 0 Å². The highest BCUT2D eigenvalue weighted by atomic mass is 79.9. The molecule has 0 aliphatic carbocycles. The fraction of sp³-hybridized carbons (Fsp3) is 0.194. The summed E-state index contributed by atoms with van der Waals surface area (Å²) in [5.41, 5.74) is 2.93. The van der Waals surface area contributed by atoms with Crippen LogP contribution < -0.4 is 33.8 Å². The highest BCUT2D eigenvalue weighted by molar-refractivity contribution is 9.10. The SMILES string of the molecule is CCOC(=O)C1=C(C)N=c2s/c(=C\c3cc(Br)c(OCc4cccc5ccccc45)c(OC)c3)c(=O)n2C1c1ccc2c(c1)OCO2. The quantitative estimate of drug-likeness (QED) is 0.181. The van der Waals surface area contributed by atoms with E-state index in [4.69, 9.17) is 23.7 Å². The summed E-state index contributed by atoms with van der Waals surface area (Å²) in [6, 6.07) is 22.6. The topological polar surface area (TPSA) is 97.6 Å². The number of carbonyl (C=O) groups is 1. The largest absolute Gasteiger partial charge is 0.493 e. The third kappa shape index (κ3) is 5.70. The molecule has 1 aromatic heterocycles. The van der Waals surface area contributed by atoms with Crippen LogP contribution in [0.1, 0.15) is 36.6 Å². The first-order valence-electron chi connectivity index (χ1n) is 14.9. The van der Waals surface area contributed by atoms with Crippen LogP contribution in [-0.2, 0) is 16.1 Å². The molecule has 4 aromatic carbocycles. The molecule has 2 aliphatic rings. The molecule has 0 amide bonds. The summed E-state index contributed by atoms with van der Waals surface area (Å²) >= 11 is 4.90. The molecule has 0 saturated carbocycles. The summed E-state index contributed by atoms with van der Waals surface area (Å²) < 4.78 is 31.2. The van der Waals surface area contributed by atoms with Crippen molar-refractivity contribution in [3.63, 3.8) is 0 Å². The van der Waals surface area contributed by atoms with E-state index in [9.17, 15) is 9.59 Å². The van der Waals surface area contributed by atoms with Gasteiger partial charge in [0.05, 0.1) is 40.0 Å². The average Bonchev–Trinajstić information content (AvgIpc) is 3.66. The third-order valence-corrected chi connectivity index (χ3v) is 9.60. The van der Waals surface area contributed by atoms with Crippen LogP contribution in [0.25, 0.3) is 16.8 Å². The Morgan fingerprint density at radius 1 is 1.09 bits per heavy atom. The van der Waals surface area contributed by atoms with Crippen molar-refractivity contribution in [3.8, 4) is 23.0 Å². The second-order valence-electron chi connectivity index (χ2n) is 10.9. The summed E-state index contributed by atoms with van der Waals surface area (Å²) in [5.74, 6) is 1.68. The van der Waals surface area contributed by atoms with Crippen molar-refractivity contribution in [2.75, 3.05) is 20.5 Å². The van der Waals surface area contributed by atoms with Crippen molar-refractivity contribution in [2.45, 2.75) is 26.5 Å². The summed E-state index contributed by atoms with van der Waals surface area (Å²) in [5, 5.41) is 2.26. The Morgan fingerprint density at radius 2 is 1.89 bits per heavy atom. The zero-order chi connectivity index (χ0) is 32.7. The molecule has 0 bridgehead atoms. The number of nitrogens with zero attached hydrogens (tertiary/aromatic N) is 2. The number of ether oxygens (including phenoxy) is 5. The molecule has 2 aliphatic heterocycles. The molecule has 11 heteroatoms. The van der Waals surface area contributed by atoms with E-state index >= 15 is 0 Å². The predicted molar refractivity (Wildman–Crippen MR) is 182 cm³/mol. The van der Waals surface area contributed by atoms with E-state index in [0.717, 1.165) is 21.9 Å². The van der Waals surface area contributed by atoms with Crippen LogP contribution >= 0.6 is 27.3 Å². The number of aromatic nitrogens is 1. The van der Waals surface area contributed by atoms with Crippen LogP contribution in [0, 0.1) is 0 Å². The van der Waals surface area contributed by atoms with E-state index < -0.39 is 12.0 Å². The van der Waals surface area contributed by atoms with Crippen molar-refractivity contribution in [1.29, 1.82) is 0 Å². The smallest absolute Gasteiger partial charge is 0.338 e. The molecule has 0 saturated heterocycles. The van der Waals surface area contributed by atoms with Crippen LogP contribution in [-0.4, -0.2) is 31.0 Å². The van der Waals surface area contributed by atoms with Gasteiger partial charge in [-0.05, 0) is 87.6 Å². The van der Waals surface area contributed by atoms with Crippen molar-refractivity contribution in [3.05, 3.63) is 125 Å².